The van der Waals surface area contributed by atoms with Gasteiger partial charge in [0, 0.05) is 17.2 Å². The largest absolute Gasteiger partial charge is 0.389 e. The van der Waals surface area contributed by atoms with Gasteiger partial charge in [0.15, 0.2) is 0 Å². The van der Waals surface area contributed by atoms with Gasteiger partial charge in [0.2, 0.25) is 0 Å². The second kappa shape index (κ2) is 7.89. The highest BCUT2D eigenvalue weighted by Crippen LogP contribution is 2.07. The van der Waals surface area contributed by atoms with Crippen molar-refractivity contribution in [2.24, 2.45) is 5.73 Å². The maximum atomic E-state index is 12.1. The van der Waals surface area contributed by atoms with Crippen LogP contribution in [0.25, 0.3) is 0 Å². The van der Waals surface area contributed by atoms with Gasteiger partial charge in [-0.15, -0.1) is 0 Å². The third-order valence-electron chi connectivity index (χ3n) is 3.03. The molecule has 1 amide bonds. The summed E-state index contributed by atoms with van der Waals surface area (Å²) in [5, 5.41) is 3.00. The van der Waals surface area contributed by atoms with Crippen LogP contribution in [0.3, 0.4) is 0 Å². The molecule has 1 rings (SSSR count). The van der Waals surface area contributed by atoms with Gasteiger partial charge in [0.25, 0.3) is 5.91 Å². The Bertz CT molecular complexity index is 446. The van der Waals surface area contributed by atoms with Gasteiger partial charge in [0.1, 0.15) is 4.99 Å². The second-order valence-electron chi connectivity index (χ2n) is 4.82. The lowest BCUT2D eigenvalue weighted by atomic mass is 10.1. The smallest absolute Gasteiger partial charge is 0.251 e. The Balaban J connectivity index is 2.57. The molecule has 3 nitrogen and oxygen atoms in total. The van der Waals surface area contributed by atoms with Crippen LogP contribution in [0.2, 0.25) is 0 Å². The highest BCUT2D eigenvalue weighted by atomic mass is 32.1. The Labute approximate surface area is 120 Å². The molecule has 0 saturated carbocycles. The van der Waals surface area contributed by atoms with Crippen molar-refractivity contribution in [1.82, 2.24) is 5.32 Å². The van der Waals surface area contributed by atoms with Crippen LogP contribution in [-0.4, -0.2) is 16.9 Å². The molecule has 0 bridgehead atoms. The third-order valence-corrected chi connectivity index (χ3v) is 3.26. The molecule has 0 aromatic heterocycles. The van der Waals surface area contributed by atoms with Crippen LogP contribution < -0.4 is 11.1 Å². The van der Waals surface area contributed by atoms with E-state index in [-0.39, 0.29) is 11.9 Å². The summed E-state index contributed by atoms with van der Waals surface area (Å²) in [6.45, 7) is 4.20. The van der Waals surface area contributed by atoms with Crippen molar-refractivity contribution < 1.29 is 4.79 Å². The van der Waals surface area contributed by atoms with Gasteiger partial charge in [-0.05, 0) is 25.5 Å². The van der Waals surface area contributed by atoms with Crippen molar-refractivity contribution in [3.8, 4) is 0 Å². The lowest BCUT2D eigenvalue weighted by Gasteiger charge is -2.14. The van der Waals surface area contributed by atoms with Crippen LogP contribution in [-0.2, 0) is 0 Å². The number of amides is 1. The van der Waals surface area contributed by atoms with E-state index in [1.165, 1.54) is 12.8 Å². The summed E-state index contributed by atoms with van der Waals surface area (Å²) in [5.74, 6) is -0.0675. The number of hydrogen-bond acceptors (Lipinski definition) is 2. The second-order valence-corrected chi connectivity index (χ2v) is 5.26. The number of thiocarbonyl (C=S) groups is 1. The first-order chi connectivity index (χ1) is 9.04. The van der Waals surface area contributed by atoms with E-state index in [1.807, 2.05) is 13.0 Å². The molecular weight excluding hydrogens is 256 g/mol. The van der Waals surface area contributed by atoms with E-state index >= 15 is 0 Å². The highest BCUT2D eigenvalue weighted by molar-refractivity contribution is 7.80. The minimum atomic E-state index is -0.0675. The van der Waals surface area contributed by atoms with Crippen LogP contribution in [0.15, 0.2) is 24.3 Å². The molecule has 0 heterocycles. The van der Waals surface area contributed by atoms with E-state index in [2.05, 4.69) is 12.2 Å². The molecule has 104 valence electrons. The first-order valence-electron chi connectivity index (χ1n) is 6.75. The van der Waals surface area contributed by atoms with Crippen LogP contribution in [0.4, 0.5) is 0 Å². The molecule has 0 fully saturated rings. The Kier molecular flexibility index (Phi) is 6.50. The molecule has 4 heteroatoms. The normalized spacial score (nSPS) is 11.9. The molecule has 0 aliphatic carbocycles. The Morgan fingerprint density at radius 1 is 1.37 bits per heavy atom. The number of carbonyl (C=O) groups excluding carboxylic acids is 1. The zero-order valence-electron chi connectivity index (χ0n) is 11.6. The minimum absolute atomic E-state index is 0.0675. The molecular formula is C15H22N2OS. The number of nitrogens with one attached hydrogen (secondary N) is 1. The fraction of sp³-hybridized carbons (Fsp3) is 0.467. The number of unbranched alkanes of at least 4 members (excludes halogenated alkanes) is 2. The van der Waals surface area contributed by atoms with Crippen LogP contribution >= 0.6 is 12.2 Å². The van der Waals surface area contributed by atoms with Gasteiger partial charge >= 0.3 is 0 Å². The van der Waals surface area contributed by atoms with Gasteiger partial charge in [-0.25, -0.2) is 0 Å². The van der Waals surface area contributed by atoms with Crippen molar-refractivity contribution >= 4 is 23.1 Å². The summed E-state index contributed by atoms with van der Waals surface area (Å²) >= 11 is 4.91. The van der Waals surface area contributed by atoms with Gasteiger partial charge in [-0.1, -0.05) is 50.5 Å². The van der Waals surface area contributed by atoms with E-state index < -0.39 is 0 Å². The van der Waals surface area contributed by atoms with Crippen molar-refractivity contribution in [3.63, 3.8) is 0 Å². The molecule has 1 aromatic carbocycles. The average Bonchev–Trinajstić information content (AvgIpc) is 2.39. The highest BCUT2D eigenvalue weighted by Gasteiger charge is 2.10. The molecule has 1 aromatic rings. The zero-order valence-corrected chi connectivity index (χ0v) is 12.4. The lowest BCUT2D eigenvalue weighted by Crippen LogP contribution is -2.32. The molecule has 0 aliphatic heterocycles. The topological polar surface area (TPSA) is 55.1 Å². The first kappa shape index (κ1) is 15.6. The van der Waals surface area contributed by atoms with Crippen LogP contribution in [0, 0.1) is 0 Å². The molecule has 0 spiro atoms. The summed E-state index contributed by atoms with van der Waals surface area (Å²) in [7, 11) is 0. The summed E-state index contributed by atoms with van der Waals surface area (Å²) < 4.78 is 0. The van der Waals surface area contributed by atoms with Crippen molar-refractivity contribution in [2.45, 2.75) is 45.6 Å². The van der Waals surface area contributed by atoms with Gasteiger partial charge in [-0.3, -0.25) is 4.79 Å². The summed E-state index contributed by atoms with van der Waals surface area (Å²) in [6.07, 6.45) is 4.55. The number of benzene rings is 1. The van der Waals surface area contributed by atoms with Crippen molar-refractivity contribution in [3.05, 3.63) is 35.4 Å². The predicted molar refractivity (Wildman–Crippen MR) is 83.4 cm³/mol. The number of carbonyl (C=O) groups is 1. The molecule has 1 unspecified atom stereocenters. The van der Waals surface area contributed by atoms with Gasteiger partial charge < -0.3 is 11.1 Å². The summed E-state index contributed by atoms with van der Waals surface area (Å²) in [6, 6.07) is 7.30. The predicted octanol–water partition coefficient (Wildman–Crippen LogP) is 3.02. The van der Waals surface area contributed by atoms with Gasteiger partial charge in [0.05, 0.1) is 0 Å². The molecule has 0 aliphatic rings. The monoisotopic (exact) mass is 278 g/mol. The summed E-state index contributed by atoms with van der Waals surface area (Å²) in [5.41, 5.74) is 6.89. The fourth-order valence-electron chi connectivity index (χ4n) is 1.89. The molecule has 19 heavy (non-hydrogen) atoms. The first-order valence-corrected chi connectivity index (χ1v) is 7.16. The number of hydrogen-bond donors (Lipinski definition) is 2. The fourth-order valence-corrected chi connectivity index (χ4v) is 2.02. The van der Waals surface area contributed by atoms with Crippen molar-refractivity contribution in [1.29, 1.82) is 0 Å². The minimum Gasteiger partial charge on any atom is -0.389 e. The molecule has 1 atom stereocenters. The lowest BCUT2D eigenvalue weighted by molar-refractivity contribution is 0.0938. The number of nitrogens with two attached hydrogens (primary N) is 1. The molecule has 0 saturated heterocycles. The quantitative estimate of drug-likeness (QED) is 0.595. The zero-order chi connectivity index (χ0) is 14.3. The Hall–Kier alpha value is -1.42. The molecule has 3 N–H and O–H groups in total. The maximum absolute atomic E-state index is 12.1. The Morgan fingerprint density at radius 2 is 2.05 bits per heavy atom. The third kappa shape index (κ3) is 5.39. The average molecular weight is 278 g/mol. The van der Waals surface area contributed by atoms with E-state index in [0.29, 0.717) is 10.6 Å². The van der Waals surface area contributed by atoms with E-state index in [1.54, 1.807) is 18.2 Å². The standard InChI is InChI=1S/C15H22N2OS/c1-3-4-5-7-11(2)17-15(18)13-9-6-8-12(10-13)14(16)19/h6,8-11H,3-5,7H2,1-2H3,(H2,16,19)(H,17,18). The van der Waals surface area contributed by atoms with E-state index in [0.717, 1.165) is 18.4 Å². The Morgan fingerprint density at radius 3 is 2.68 bits per heavy atom. The van der Waals surface area contributed by atoms with E-state index in [9.17, 15) is 4.79 Å². The van der Waals surface area contributed by atoms with Crippen LogP contribution in [0.5, 0.6) is 0 Å². The van der Waals surface area contributed by atoms with Gasteiger partial charge in [-0.2, -0.15) is 0 Å². The molecule has 0 radical (unpaired) electrons. The number of rotatable bonds is 7. The summed E-state index contributed by atoms with van der Waals surface area (Å²) in [4.78, 5) is 12.4. The maximum Gasteiger partial charge on any atom is 0.251 e. The SMILES string of the molecule is CCCCCC(C)NC(=O)c1cccc(C(N)=S)c1. The van der Waals surface area contributed by atoms with Crippen LogP contribution in [0.1, 0.15) is 55.5 Å². The van der Waals surface area contributed by atoms with Crippen molar-refractivity contribution in [2.75, 3.05) is 0 Å². The van der Waals surface area contributed by atoms with E-state index in [4.69, 9.17) is 18.0 Å².